The van der Waals surface area contributed by atoms with Crippen molar-refractivity contribution in [3.05, 3.63) is 66.4 Å². The number of rotatable bonds is 6. The summed E-state index contributed by atoms with van der Waals surface area (Å²) in [6.45, 7) is 1.06. The highest BCUT2D eigenvalue weighted by molar-refractivity contribution is 7.99. The normalized spacial score (nSPS) is 13.2. The van der Waals surface area contributed by atoms with Crippen molar-refractivity contribution in [3.8, 4) is 11.3 Å². The molecule has 0 aliphatic carbocycles. The molecule has 0 atom stereocenters. The monoisotopic (exact) mass is 378 g/mol. The van der Waals surface area contributed by atoms with Crippen LogP contribution < -0.4 is 5.32 Å². The molecular formula is C21H22N4OS. The standard InChI is InChI=1S/C21H22N4OS/c26-21(15-27-14-18-5-1-3-11-22-18)23-17-9-7-16(8-10-17)19-13-25-12-4-2-6-20(25)24-19/h1,3,5,7-11,13H,2,4,6,12,14-15H2,(H,23,26). The minimum atomic E-state index is 0.00105. The summed E-state index contributed by atoms with van der Waals surface area (Å²) in [7, 11) is 0. The summed E-state index contributed by atoms with van der Waals surface area (Å²) in [6, 6.07) is 13.7. The molecule has 6 heteroatoms. The first-order chi connectivity index (χ1) is 13.3. The van der Waals surface area contributed by atoms with Crippen LogP contribution in [0.1, 0.15) is 24.4 Å². The van der Waals surface area contributed by atoms with Crippen LogP contribution in [0.5, 0.6) is 0 Å². The molecule has 138 valence electrons. The van der Waals surface area contributed by atoms with E-state index in [-0.39, 0.29) is 5.91 Å². The molecule has 3 aromatic rings. The minimum Gasteiger partial charge on any atom is -0.334 e. The molecule has 0 saturated heterocycles. The van der Waals surface area contributed by atoms with Gasteiger partial charge in [0.1, 0.15) is 5.82 Å². The number of hydrogen-bond acceptors (Lipinski definition) is 4. The highest BCUT2D eigenvalue weighted by atomic mass is 32.2. The molecule has 4 rings (SSSR count). The number of carbonyl (C=O) groups excluding carboxylic acids is 1. The minimum absolute atomic E-state index is 0.00105. The summed E-state index contributed by atoms with van der Waals surface area (Å²) < 4.78 is 2.26. The Bertz CT molecular complexity index is 882. The fraction of sp³-hybridized carbons (Fsp3) is 0.286. The number of amides is 1. The van der Waals surface area contributed by atoms with Crippen molar-refractivity contribution in [3.63, 3.8) is 0 Å². The third-order valence-corrected chi connectivity index (χ3v) is 5.55. The van der Waals surface area contributed by atoms with Crippen molar-refractivity contribution < 1.29 is 4.79 Å². The third kappa shape index (κ3) is 4.57. The van der Waals surface area contributed by atoms with E-state index in [1.165, 1.54) is 18.7 Å². The van der Waals surface area contributed by atoms with Crippen molar-refractivity contribution in [1.82, 2.24) is 14.5 Å². The molecule has 0 unspecified atom stereocenters. The predicted octanol–water partition coefficient (Wildman–Crippen LogP) is 4.15. The topological polar surface area (TPSA) is 59.8 Å². The lowest BCUT2D eigenvalue weighted by molar-refractivity contribution is -0.113. The van der Waals surface area contributed by atoms with Gasteiger partial charge >= 0.3 is 0 Å². The largest absolute Gasteiger partial charge is 0.334 e. The highest BCUT2D eigenvalue weighted by Gasteiger charge is 2.13. The van der Waals surface area contributed by atoms with Crippen LogP contribution in [-0.2, 0) is 23.5 Å². The molecule has 27 heavy (non-hydrogen) atoms. The number of hydrogen-bond donors (Lipinski definition) is 1. The molecule has 1 N–H and O–H groups in total. The second-order valence-electron chi connectivity index (χ2n) is 6.63. The van der Waals surface area contributed by atoms with Gasteiger partial charge in [-0.3, -0.25) is 9.78 Å². The SMILES string of the molecule is O=C(CSCc1ccccn1)Nc1ccc(-c2cn3c(n2)CCCC3)cc1. The third-order valence-electron chi connectivity index (χ3n) is 4.58. The number of nitrogens with zero attached hydrogens (tertiary/aromatic N) is 3. The van der Waals surface area contributed by atoms with Gasteiger partial charge in [-0.1, -0.05) is 18.2 Å². The Hall–Kier alpha value is -2.60. The van der Waals surface area contributed by atoms with Crippen molar-refractivity contribution >= 4 is 23.4 Å². The molecule has 1 aromatic carbocycles. The maximum Gasteiger partial charge on any atom is 0.234 e. The lowest BCUT2D eigenvalue weighted by atomic mass is 10.1. The van der Waals surface area contributed by atoms with Gasteiger partial charge < -0.3 is 9.88 Å². The van der Waals surface area contributed by atoms with Crippen LogP contribution in [0, 0.1) is 0 Å². The van der Waals surface area contributed by atoms with Gasteiger partial charge in [-0.25, -0.2) is 4.98 Å². The van der Waals surface area contributed by atoms with Gasteiger partial charge in [-0.2, -0.15) is 0 Å². The maximum atomic E-state index is 12.1. The number of anilines is 1. The maximum absolute atomic E-state index is 12.1. The molecule has 5 nitrogen and oxygen atoms in total. The van der Waals surface area contributed by atoms with Gasteiger partial charge in [0.2, 0.25) is 5.91 Å². The Labute approximate surface area is 163 Å². The van der Waals surface area contributed by atoms with E-state index in [1.807, 2.05) is 42.5 Å². The number of aromatic nitrogens is 3. The Morgan fingerprint density at radius 2 is 2.04 bits per heavy atom. The molecule has 1 amide bonds. The van der Waals surface area contributed by atoms with Crippen LogP contribution in [0.25, 0.3) is 11.3 Å². The molecule has 0 radical (unpaired) electrons. The fourth-order valence-corrected chi connectivity index (χ4v) is 3.94. The summed E-state index contributed by atoms with van der Waals surface area (Å²) in [4.78, 5) is 21.1. The molecule has 1 aliphatic rings. The first-order valence-corrected chi connectivity index (χ1v) is 10.4. The second kappa shape index (κ2) is 8.39. The van der Waals surface area contributed by atoms with Crippen molar-refractivity contribution in [2.75, 3.05) is 11.1 Å². The van der Waals surface area contributed by atoms with Crippen molar-refractivity contribution in [1.29, 1.82) is 0 Å². The van der Waals surface area contributed by atoms with E-state index in [0.29, 0.717) is 5.75 Å². The average Bonchev–Trinajstić information content (AvgIpc) is 3.13. The summed E-state index contributed by atoms with van der Waals surface area (Å²) in [5.74, 6) is 2.32. The van der Waals surface area contributed by atoms with E-state index in [0.717, 1.165) is 41.4 Å². The summed E-state index contributed by atoms with van der Waals surface area (Å²) in [5, 5.41) is 2.95. The zero-order chi connectivity index (χ0) is 18.5. The van der Waals surface area contributed by atoms with Gasteiger partial charge in [-0.15, -0.1) is 11.8 Å². The predicted molar refractivity (Wildman–Crippen MR) is 110 cm³/mol. The van der Waals surface area contributed by atoms with Crippen molar-refractivity contribution in [2.24, 2.45) is 0 Å². The second-order valence-corrected chi connectivity index (χ2v) is 7.62. The molecule has 2 aromatic heterocycles. The van der Waals surface area contributed by atoms with Crippen LogP contribution in [0.2, 0.25) is 0 Å². The van der Waals surface area contributed by atoms with Gasteiger partial charge in [0.25, 0.3) is 0 Å². The van der Waals surface area contributed by atoms with E-state index < -0.39 is 0 Å². The summed E-state index contributed by atoms with van der Waals surface area (Å²) in [6.07, 6.45) is 7.42. The smallest absolute Gasteiger partial charge is 0.234 e. The average molecular weight is 379 g/mol. The number of fused-ring (bicyclic) bond motifs is 1. The Morgan fingerprint density at radius 3 is 2.81 bits per heavy atom. The fourth-order valence-electron chi connectivity index (χ4n) is 3.20. The molecule has 0 saturated carbocycles. The number of nitrogens with one attached hydrogen (secondary N) is 1. The van der Waals surface area contributed by atoms with E-state index in [4.69, 9.17) is 4.98 Å². The Morgan fingerprint density at radius 1 is 1.15 bits per heavy atom. The van der Waals surface area contributed by atoms with Gasteiger partial charge in [0.15, 0.2) is 0 Å². The van der Waals surface area contributed by atoms with Gasteiger partial charge in [0.05, 0.1) is 17.1 Å². The first-order valence-electron chi connectivity index (χ1n) is 9.22. The number of aryl methyl sites for hydroxylation is 2. The quantitative estimate of drug-likeness (QED) is 0.700. The lowest BCUT2D eigenvalue weighted by Gasteiger charge is -2.11. The van der Waals surface area contributed by atoms with Crippen LogP contribution in [0.4, 0.5) is 5.69 Å². The van der Waals surface area contributed by atoms with E-state index >= 15 is 0 Å². The van der Waals surface area contributed by atoms with Crippen LogP contribution in [0.3, 0.4) is 0 Å². The number of imidazole rings is 1. The van der Waals surface area contributed by atoms with Crippen LogP contribution in [-0.4, -0.2) is 26.2 Å². The van der Waals surface area contributed by atoms with Gasteiger partial charge in [0, 0.05) is 42.4 Å². The van der Waals surface area contributed by atoms with E-state index in [2.05, 4.69) is 21.1 Å². The molecule has 0 bridgehead atoms. The Balaban J connectivity index is 1.31. The zero-order valence-corrected chi connectivity index (χ0v) is 15.9. The molecule has 0 fully saturated rings. The highest BCUT2D eigenvalue weighted by Crippen LogP contribution is 2.24. The van der Waals surface area contributed by atoms with E-state index in [1.54, 1.807) is 18.0 Å². The number of benzene rings is 1. The van der Waals surface area contributed by atoms with Gasteiger partial charge in [-0.05, 0) is 37.1 Å². The lowest BCUT2D eigenvalue weighted by Crippen LogP contribution is -2.14. The van der Waals surface area contributed by atoms with Crippen LogP contribution in [0.15, 0.2) is 54.9 Å². The number of thioether (sulfide) groups is 1. The molecule has 1 aliphatic heterocycles. The molecular weight excluding hydrogens is 356 g/mol. The first kappa shape index (κ1) is 17.8. The zero-order valence-electron chi connectivity index (χ0n) is 15.1. The molecule has 0 spiro atoms. The Kier molecular flexibility index (Phi) is 5.53. The number of carbonyl (C=O) groups is 1. The van der Waals surface area contributed by atoms with Crippen LogP contribution >= 0.6 is 11.8 Å². The van der Waals surface area contributed by atoms with E-state index in [9.17, 15) is 4.79 Å². The number of pyridine rings is 1. The summed E-state index contributed by atoms with van der Waals surface area (Å²) >= 11 is 1.56. The van der Waals surface area contributed by atoms with Crippen molar-refractivity contribution in [2.45, 2.75) is 31.6 Å². The summed E-state index contributed by atoms with van der Waals surface area (Å²) in [5.41, 5.74) is 3.89. The molecule has 3 heterocycles.